The van der Waals surface area contributed by atoms with Gasteiger partial charge in [0.1, 0.15) is 0 Å². The molecule has 0 aromatic carbocycles. The summed E-state index contributed by atoms with van der Waals surface area (Å²) in [5.41, 5.74) is 10.3. The van der Waals surface area contributed by atoms with Crippen molar-refractivity contribution in [3.8, 4) is 0 Å². The van der Waals surface area contributed by atoms with E-state index in [-0.39, 0.29) is 18.9 Å². The van der Waals surface area contributed by atoms with Crippen LogP contribution in [0.5, 0.6) is 0 Å². The van der Waals surface area contributed by atoms with E-state index in [0.717, 1.165) is 0 Å². The molecule has 0 aromatic rings. The maximum absolute atomic E-state index is 11.3. The van der Waals surface area contributed by atoms with Gasteiger partial charge in [0, 0.05) is 12.5 Å². The van der Waals surface area contributed by atoms with Crippen LogP contribution < -0.4 is 16.8 Å². The van der Waals surface area contributed by atoms with Gasteiger partial charge in [-0.3, -0.25) is 14.4 Å². The van der Waals surface area contributed by atoms with Crippen LogP contribution in [0.15, 0.2) is 0 Å². The molecule has 0 heterocycles. The molecule has 0 saturated carbocycles. The minimum Gasteiger partial charge on any atom is -0.481 e. The van der Waals surface area contributed by atoms with Gasteiger partial charge in [-0.2, -0.15) is 0 Å². The third-order valence-corrected chi connectivity index (χ3v) is 1.94. The van der Waals surface area contributed by atoms with Gasteiger partial charge in [-0.05, 0) is 13.3 Å². The molecule has 92 valence electrons. The molecule has 0 aliphatic heterocycles. The maximum Gasteiger partial charge on any atom is 0.303 e. The molecule has 2 atom stereocenters. The topological polar surface area (TPSA) is 136 Å². The zero-order valence-electron chi connectivity index (χ0n) is 9.10. The van der Waals surface area contributed by atoms with Crippen molar-refractivity contribution >= 4 is 17.8 Å². The molecule has 2 unspecified atom stereocenters. The van der Waals surface area contributed by atoms with E-state index in [1.165, 1.54) is 0 Å². The third kappa shape index (κ3) is 6.77. The Morgan fingerprint density at radius 1 is 1.38 bits per heavy atom. The number of nitrogens with one attached hydrogen (secondary N) is 1. The normalized spacial score (nSPS) is 13.9. The fourth-order valence-corrected chi connectivity index (χ4v) is 1.07. The lowest BCUT2D eigenvalue weighted by molar-refractivity contribution is -0.137. The van der Waals surface area contributed by atoms with Crippen molar-refractivity contribution in [2.24, 2.45) is 11.5 Å². The van der Waals surface area contributed by atoms with Gasteiger partial charge in [0.2, 0.25) is 11.8 Å². The van der Waals surface area contributed by atoms with E-state index in [0.29, 0.717) is 6.42 Å². The Morgan fingerprint density at radius 2 is 1.94 bits per heavy atom. The van der Waals surface area contributed by atoms with Gasteiger partial charge in [0.25, 0.3) is 0 Å². The number of carboxylic acid groups (broad SMARTS) is 1. The first-order valence-corrected chi connectivity index (χ1v) is 4.89. The fourth-order valence-electron chi connectivity index (χ4n) is 1.07. The summed E-state index contributed by atoms with van der Waals surface area (Å²) in [6.07, 6.45) is 0.0500. The van der Waals surface area contributed by atoms with Crippen LogP contribution in [0.2, 0.25) is 0 Å². The molecule has 7 nitrogen and oxygen atoms in total. The van der Waals surface area contributed by atoms with E-state index in [4.69, 9.17) is 16.6 Å². The van der Waals surface area contributed by atoms with Crippen LogP contribution in [0.25, 0.3) is 0 Å². The van der Waals surface area contributed by atoms with E-state index in [9.17, 15) is 14.4 Å². The summed E-state index contributed by atoms with van der Waals surface area (Å²) in [4.78, 5) is 32.1. The fraction of sp³-hybridized carbons (Fsp3) is 0.667. The van der Waals surface area contributed by atoms with Gasteiger partial charge in [-0.25, -0.2) is 0 Å². The zero-order chi connectivity index (χ0) is 12.7. The number of aliphatic carboxylic acids is 1. The molecule has 7 heteroatoms. The number of carbonyl (C=O) groups is 3. The first kappa shape index (κ1) is 14.4. The Labute approximate surface area is 93.2 Å². The molecule has 0 radical (unpaired) electrons. The number of carboxylic acids is 1. The van der Waals surface area contributed by atoms with E-state index in [1.807, 2.05) is 0 Å². The lowest BCUT2D eigenvalue weighted by Crippen LogP contribution is -2.46. The average molecular weight is 231 g/mol. The smallest absolute Gasteiger partial charge is 0.303 e. The second kappa shape index (κ2) is 6.78. The summed E-state index contributed by atoms with van der Waals surface area (Å²) < 4.78 is 0. The summed E-state index contributed by atoms with van der Waals surface area (Å²) in [7, 11) is 0. The number of rotatable bonds is 7. The Kier molecular flexibility index (Phi) is 6.09. The average Bonchev–Trinajstić information content (AvgIpc) is 2.13. The highest BCUT2D eigenvalue weighted by Crippen LogP contribution is 1.97. The van der Waals surface area contributed by atoms with Crippen molar-refractivity contribution in [3.63, 3.8) is 0 Å². The Morgan fingerprint density at radius 3 is 2.38 bits per heavy atom. The lowest BCUT2D eigenvalue weighted by atomic mass is 10.1. The van der Waals surface area contributed by atoms with Crippen LogP contribution in [0.4, 0.5) is 0 Å². The minimum atomic E-state index is -0.982. The predicted octanol–water partition coefficient (Wildman–Crippen LogP) is -1.44. The molecule has 0 saturated heterocycles. The lowest BCUT2D eigenvalue weighted by Gasteiger charge is -2.15. The van der Waals surface area contributed by atoms with Crippen molar-refractivity contribution in [1.29, 1.82) is 0 Å². The number of carbonyl (C=O) groups excluding carboxylic acids is 2. The third-order valence-electron chi connectivity index (χ3n) is 1.94. The predicted molar refractivity (Wildman–Crippen MR) is 56.3 cm³/mol. The van der Waals surface area contributed by atoms with Gasteiger partial charge in [-0.15, -0.1) is 0 Å². The SMILES string of the molecule is CC(CCC(=O)O)NC(=O)C(N)CC(N)=O. The molecular weight excluding hydrogens is 214 g/mol. The van der Waals surface area contributed by atoms with Gasteiger partial charge >= 0.3 is 5.97 Å². The largest absolute Gasteiger partial charge is 0.481 e. The van der Waals surface area contributed by atoms with Gasteiger partial charge in [0.15, 0.2) is 0 Å². The van der Waals surface area contributed by atoms with Crippen LogP contribution in [-0.4, -0.2) is 35.0 Å². The van der Waals surface area contributed by atoms with Gasteiger partial charge < -0.3 is 21.9 Å². The Hall–Kier alpha value is -1.63. The van der Waals surface area contributed by atoms with Crippen molar-refractivity contribution in [3.05, 3.63) is 0 Å². The highest BCUT2D eigenvalue weighted by Gasteiger charge is 2.17. The number of amides is 2. The summed E-state index contributed by atoms with van der Waals surface area (Å²) in [6, 6.07) is -1.28. The van der Waals surface area contributed by atoms with E-state index < -0.39 is 23.8 Å². The Bertz CT molecular complexity index is 280. The molecule has 6 N–H and O–H groups in total. The van der Waals surface area contributed by atoms with E-state index in [2.05, 4.69) is 5.32 Å². The number of hydrogen-bond acceptors (Lipinski definition) is 4. The second-order valence-electron chi connectivity index (χ2n) is 3.62. The van der Waals surface area contributed by atoms with Crippen LogP contribution >= 0.6 is 0 Å². The maximum atomic E-state index is 11.3. The van der Waals surface area contributed by atoms with Crippen molar-refractivity contribution in [2.45, 2.75) is 38.3 Å². The molecule has 0 aliphatic carbocycles. The Balaban J connectivity index is 3.93. The quantitative estimate of drug-likeness (QED) is 0.425. The summed E-state index contributed by atoms with van der Waals surface area (Å²) >= 11 is 0. The molecule has 16 heavy (non-hydrogen) atoms. The van der Waals surface area contributed by atoms with E-state index in [1.54, 1.807) is 6.92 Å². The molecule has 0 aromatic heterocycles. The molecule has 0 bridgehead atoms. The molecule has 0 aliphatic rings. The summed E-state index contributed by atoms with van der Waals surface area (Å²) in [5, 5.41) is 10.9. The molecular formula is C9H17N3O4. The number of primary amides is 1. The summed E-state index contributed by atoms with van der Waals surface area (Å²) in [6.45, 7) is 1.66. The molecule has 0 fully saturated rings. The highest BCUT2D eigenvalue weighted by atomic mass is 16.4. The van der Waals surface area contributed by atoms with Gasteiger partial charge in [0.05, 0.1) is 12.5 Å². The first-order valence-electron chi connectivity index (χ1n) is 4.89. The van der Waals surface area contributed by atoms with Crippen LogP contribution in [0, 0.1) is 0 Å². The van der Waals surface area contributed by atoms with Crippen LogP contribution in [0.3, 0.4) is 0 Å². The van der Waals surface area contributed by atoms with Crippen molar-refractivity contribution in [2.75, 3.05) is 0 Å². The number of hydrogen-bond donors (Lipinski definition) is 4. The second-order valence-corrected chi connectivity index (χ2v) is 3.62. The number of nitrogens with two attached hydrogens (primary N) is 2. The van der Waals surface area contributed by atoms with Crippen molar-refractivity contribution < 1.29 is 19.5 Å². The highest BCUT2D eigenvalue weighted by molar-refractivity contribution is 5.87. The van der Waals surface area contributed by atoms with Crippen LogP contribution in [-0.2, 0) is 14.4 Å². The standard InChI is InChI=1S/C9H17N3O4/c1-5(2-3-8(14)15)12-9(16)6(10)4-7(11)13/h5-6H,2-4,10H2,1H3,(H2,11,13)(H,12,16)(H,14,15). The molecule has 2 amide bonds. The first-order chi connectivity index (χ1) is 7.32. The monoisotopic (exact) mass is 231 g/mol. The van der Waals surface area contributed by atoms with E-state index >= 15 is 0 Å². The van der Waals surface area contributed by atoms with Crippen LogP contribution in [0.1, 0.15) is 26.2 Å². The van der Waals surface area contributed by atoms with Crippen molar-refractivity contribution in [1.82, 2.24) is 5.32 Å². The zero-order valence-corrected chi connectivity index (χ0v) is 9.10. The molecule has 0 rings (SSSR count). The summed E-state index contributed by atoms with van der Waals surface area (Å²) in [5.74, 6) is -2.08. The molecule has 0 spiro atoms. The minimum absolute atomic E-state index is 0.0352. The van der Waals surface area contributed by atoms with Gasteiger partial charge in [-0.1, -0.05) is 0 Å².